The van der Waals surface area contributed by atoms with Gasteiger partial charge in [-0.2, -0.15) is 12.6 Å². The number of ether oxygens (including phenoxy) is 1. The van der Waals surface area contributed by atoms with E-state index in [1.807, 2.05) is 30.3 Å². The summed E-state index contributed by atoms with van der Waals surface area (Å²) in [6, 6.07) is 18.6. The van der Waals surface area contributed by atoms with Crippen LogP contribution in [0.25, 0.3) is 5.57 Å². The Balaban J connectivity index is 1.56. The molecule has 0 bridgehead atoms. The average Bonchev–Trinajstić information content (AvgIpc) is 2.72. The quantitative estimate of drug-likeness (QED) is 0.262. The van der Waals surface area contributed by atoms with Gasteiger partial charge in [-0.05, 0) is 47.4 Å². The SMILES string of the molecule is C=C(c1ccccc1)c1ccc(OCCCCCCCCCCCS)cc1. The maximum atomic E-state index is 5.88. The van der Waals surface area contributed by atoms with Crippen LogP contribution in [0.3, 0.4) is 0 Å². The Bertz CT molecular complexity index is 633. The Morgan fingerprint density at radius 1 is 0.667 bits per heavy atom. The van der Waals surface area contributed by atoms with Crippen molar-refractivity contribution in [3.63, 3.8) is 0 Å². The highest BCUT2D eigenvalue weighted by Gasteiger charge is 2.02. The van der Waals surface area contributed by atoms with E-state index in [1.54, 1.807) is 0 Å². The minimum Gasteiger partial charge on any atom is -0.494 e. The summed E-state index contributed by atoms with van der Waals surface area (Å²) < 4.78 is 5.88. The van der Waals surface area contributed by atoms with Gasteiger partial charge >= 0.3 is 0 Å². The lowest BCUT2D eigenvalue weighted by Crippen LogP contribution is -1.97. The molecule has 0 saturated carbocycles. The average molecular weight is 383 g/mol. The van der Waals surface area contributed by atoms with E-state index in [0.29, 0.717) is 0 Å². The van der Waals surface area contributed by atoms with E-state index in [9.17, 15) is 0 Å². The molecule has 27 heavy (non-hydrogen) atoms. The monoisotopic (exact) mass is 382 g/mol. The van der Waals surface area contributed by atoms with Crippen LogP contribution in [-0.2, 0) is 0 Å². The van der Waals surface area contributed by atoms with Crippen LogP contribution in [0.4, 0.5) is 0 Å². The number of benzene rings is 2. The zero-order valence-electron chi connectivity index (χ0n) is 16.5. The van der Waals surface area contributed by atoms with Crippen LogP contribution in [0.2, 0.25) is 0 Å². The number of thiol groups is 1. The highest BCUT2D eigenvalue weighted by Crippen LogP contribution is 2.23. The Morgan fingerprint density at radius 2 is 1.19 bits per heavy atom. The lowest BCUT2D eigenvalue weighted by molar-refractivity contribution is 0.304. The smallest absolute Gasteiger partial charge is 0.119 e. The molecule has 2 rings (SSSR count). The third kappa shape index (κ3) is 8.71. The molecular formula is C25H34OS. The van der Waals surface area contributed by atoms with Crippen LogP contribution in [0, 0.1) is 0 Å². The van der Waals surface area contributed by atoms with Gasteiger partial charge in [-0.25, -0.2) is 0 Å². The summed E-state index contributed by atoms with van der Waals surface area (Å²) in [6.45, 7) is 5.02. The third-order valence-corrected chi connectivity index (χ3v) is 5.21. The Labute approximate surface area is 171 Å². The van der Waals surface area contributed by atoms with Gasteiger partial charge in [0.25, 0.3) is 0 Å². The lowest BCUT2D eigenvalue weighted by Gasteiger charge is -2.09. The van der Waals surface area contributed by atoms with Crippen molar-refractivity contribution in [2.45, 2.75) is 57.8 Å². The first kappa shape index (κ1) is 21.6. The van der Waals surface area contributed by atoms with Crippen molar-refractivity contribution in [3.05, 3.63) is 72.3 Å². The van der Waals surface area contributed by atoms with E-state index in [-0.39, 0.29) is 0 Å². The molecule has 2 aromatic carbocycles. The van der Waals surface area contributed by atoms with Crippen LogP contribution >= 0.6 is 12.6 Å². The first-order chi connectivity index (χ1) is 13.3. The van der Waals surface area contributed by atoms with Crippen molar-refractivity contribution in [2.75, 3.05) is 12.4 Å². The van der Waals surface area contributed by atoms with Crippen LogP contribution in [0.5, 0.6) is 5.75 Å². The summed E-state index contributed by atoms with van der Waals surface area (Å²) in [6.07, 6.45) is 11.8. The van der Waals surface area contributed by atoms with E-state index in [2.05, 4.69) is 43.5 Å². The van der Waals surface area contributed by atoms with E-state index in [4.69, 9.17) is 4.74 Å². The molecule has 2 aromatic rings. The number of hydrogen-bond donors (Lipinski definition) is 1. The first-order valence-corrected chi connectivity index (χ1v) is 11.0. The molecule has 0 spiro atoms. The fourth-order valence-corrected chi connectivity index (χ4v) is 3.42. The Hall–Kier alpha value is -1.67. The maximum absolute atomic E-state index is 5.88. The highest BCUT2D eigenvalue weighted by molar-refractivity contribution is 7.80. The summed E-state index contributed by atoms with van der Waals surface area (Å²) in [4.78, 5) is 0. The number of unbranched alkanes of at least 4 members (excludes halogenated alkanes) is 8. The number of hydrogen-bond acceptors (Lipinski definition) is 2. The molecule has 0 atom stereocenters. The van der Waals surface area contributed by atoms with Gasteiger partial charge < -0.3 is 4.74 Å². The van der Waals surface area contributed by atoms with Gasteiger partial charge in [0, 0.05) is 0 Å². The van der Waals surface area contributed by atoms with Crippen LogP contribution in [0.1, 0.15) is 68.9 Å². The van der Waals surface area contributed by atoms with Crippen molar-refractivity contribution < 1.29 is 4.74 Å². The van der Waals surface area contributed by atoms with E-state index < -0.39 is 0 Å². The molecule has 0 aliphatic carbocycles. The molecule has 0 aliphatic heterocycles. The van der Waals surface area contributed by atoms with Crippen LogP contribution < -0.4 is 4.74 Å². The molecule has 0 unspecified atom stereocenters. The predicted molar refractivity (Wildman–Crippen MR) is 122 cm³/mol. The number of rotatable bonds is 14. The second-order valence-electron chi connectivity index (χ2n) is 7.12. The molecule has 0 aliphatic rings. The van der Waals surface area contributed by atoms with Crippen molar-refractivity contribution in [1.29, 1.82) is 0 Å². The molecular weight excluding hydrogens is 348 g/mol. The van der Waals surface area contributed by atoms with Gasteiger partial charge in [-0.3, -0.25) is 0 Å². The molecule has 0 aromatic heterocycles. The standard InChI is InChI=1S/C25H34OS/c1-22(23-14-10-9-11-15-23)24-16-18-25(19-17-24)26-20-12-7-5-3-2-4-6-8-13-21-27/h9-11,14-19,27H,1-8,12-13,20-21H2. The maximum Gasteiger partial charge on any atom is 0.119 e. The van der Waals surface area contributed by atoms with Gasteiger partial charge in [0.2, 0.25) is 0 Å². The molecule has 146 valence electrons. The van der Waals surface area contributed by atoms with E-state index in [1.165, 1.54) is 51.4 Å². The van der Waals surface area contributed by atoms with Gasteiger partial charge in [-0.15, -0.1) is 0 Å². The topological polar surface area (TPSA) is 9.23 Å². The van der Waals surface area contributed by atoms with Gasteiger partial charge in [-0.1, -0.05) is 94.0 Å². The third-order valence-electron chi connectivity index (χ3n) is 4.90. The minimum absolute atomic E-state index is 0.806. The summed E-state index contributed by atoms with van der Waals surface area (Å²) in [5.74, 6) is 1.98. The Kier molecular flexibility index (Phi) is 10.8. The van der Waals surface area contributed by atoms with Gasteiger partial charge in [0.1, 0.15) is 5.75 Å². The summed E-state index contributed by atoms with van der Waals surface area (Å²) in [5.41, 5.74) is 3.35. The molecule has 0 saturated heterocycles. The lowest BCUT2D eigenvalue weighted by atomic mass is 10.00. The summed E-state index contributed by atoms with van der Waals surface area (Å²) >= 11 is 4.25. The predicted octanol–water partition coefficient (Wildman–Crippen LogP) is 7.57. The molecule has 0 fully saturated rings. The molecule has 1 nitrogen and oxygen atoms in total. The molecule has 0 heterocycles. The molecule has 0 N–H and O–H groups in total. The molecule has 0 radical (unpaired) electrons. The summed E-state index contributed by atoms with van der Waals surface area (Å²) in [5, 5.41) is 0. The van der Waals surface area contributed by atoms with Crippen molar-refractivity contribution >= 4 is 18.2 Å². The van der Waals surface area contributed by atoms with Crippen molar-refractivity contribution in [3.8, 4) is 5.75 Å². The van der Waals surface area contributed by atoms with Gasteiger partial charge in [0.15, 0.2) is 0 Å². The second kappa shape index (κ2) is 13.5. The largest absolute Gasteiger partial charge is 0.494 e. The fourth-order valence-electron chi connectivity index (χ4n) is 3.20. The van der Waals surface area contributed by atoms with E-state index >= 15 is 0 Å². The minimum atomic E-state index is 0.806. The van der Waals surface area contributed by atoms with Crippen molar-refractivity contribution in [1.82, 2.24) is 0 Å². The zero-order chi connectivity index (χ0) is 19.2. The second-order valence-corrected chi connectivity index (χ2v) is 7.57. The first-order valence-electron chi connectivity index (χ1n) is 10.4. The molecule has 0 amide bonds. The van der Waals surface area contributed by atoms with Gasteiger partial charge in [0.05, 0.1) is 6.61 Å². The normalized spacial score (nSPS) is 10.7. The van der Waals surface area contributed by atoms with Crippen LogP contribution in [-0.4, -0.2) is 12.4 Å². The van der Waals surface area contributed by atoms with Crippen molar-refractivity contribution in [2.24, 2.45) is 0 Å². The molecule has 2 heteroatoms. The Morgan fingerprint density at radius 3 is 1.78 bits per heavy atom. The van der Waals surface area contributed by atoms with E-state index in [0.717, 1.165) is 41.2 Å². The fraction of sp³-hybridized carbons (Fsp3) is 0.440. The summed E-state index contributed by atoms with van der Waals surface area (Å²) in [7, 11) is 0. The highest BCUT2D eigenvalue weighted by atomic mass is 32.1. The van der Waals surface area contributed by atoms with Crippen LogP contribution in [0.15, 0.2) is 61.2 Å². The zero-order valence-corrected chi connectivity index (χ0v) is 17.4.